The van der Waals surface area contributed by atoms with Crippen molar-refractivity contribution in [1.29, 1.82) is 0 Å². The Balaban J connectivity index is 2.39. The van der Waals surface area contributed by atoms with E-state index in [4.69, 9.17) is 15.3 Å². The van der Waals surface area contributed by atoms with Crippen LogP contribution >= 0.6 is 0 Å². The smallest absolute Gasteiger partial charge is 0.123 e. The second kappa shape index (κ2) is 5.96. The Labute approximate surface area is 113 Å². The van der Waals surface area contributed by atoms with Gasteiger partial charge < -0.3 is 9.47 Å². The zero-order valence-electron chi connectivity index (χ0n) is 11.4. The third-order valence-corrected chi connectivity index (χ3v) is 3.99. The van der Waals surface area contributed by atoms with Crippen molar-refractivity contribution >= 4 is 0 Å². The maximum absolute atomic E-state index is 13.5. The standard InChI is InChI=1S/C14H21FN2O2/c1-10-3-4-11(15)9-12(10)13(17-16)14(18-2)5-7-19-8-6-14/h3-4,9,13,17H,5-8,16H2,1-2H3. The highest BCUT2D eigenvalue weighted by Crippen LogP contribution is 2.38. The Morgan fingerprint density at radius 3 is 2.68 bits per heavy atom. The molecule has 1 unspecified atom stereocenters. The maximum Gasteiger partial charge on any atom is 0.123 e. The molecule has 106 valence electrons. The summed E-state index contributed by atoms with van der Waals surface area (Å²) in [5.74, 6) is 5.46. The van der Waals surface area contributed by atoms with Crippen LogP contribution in [0, 0.1) is 12.7 Å². The van der Waals surface area contributed by atoms with Crippen molar-refractivity contribution in [2.24, 2.45) is 5.84 Å². The number of ether oxygens (including phenoxy) is 2. The Morgan fingerprint density at radius 1 is 1.42 bits per heavy atom. The molecule has 0 saturated carbocycles. The Hall–Kier alpha value is -1.01. The summed E-state index contributed by atoms with van der Waals surface area (Å²) in [6, 6.07) is 4.49. The van der Waals surface area contributed by atoms with Crippen LogP contribution in [-0.4, -0.2) is 25.9 Å². The number of hydrogen-bond acceptors (Lipinski definition) is 4. The van der Waals surface area contributed by atoms with Gasteiger partial charge in [-0.15, -0.1) is 0 Å². The Kier molecular flexibility index (Phi) is 4.52. The SMILES string of the molecule is COC1(C(NN)c2cc(F)ccc2C)CCOCC1. The summed E-state index contributed by atoms with van der Waals surface area (Å²) in [5.41, 5.74) is 4.18. The Morgan fingerprint density at radius 2 is 2.11 bits per heavy atom. The molecule has 1 fully saturated rings. The first-order valence-electron chi connectivity index (χ1n) is 6.48. The lowest BCUT2D eigenvalue weighted by molar-refractivity contribution is -0.111. The molecule has 4 nitrogen and oxygen atoms in total. The summed E-state index contributed by atoms with van der Waals surface area (Å²) >= 11 is 0. The first-order chi connectivity index (χ1) is 9.13. The van der Waals surface area contributed by atoms with E-state index in [1.54, 1.807) is 13.2 Å². The van der Waals surface area contributed by atoms with Crippen molar-refractivity contribution in [3.05, 3.63) is 35.1 Å². The van der Waals surface area contributed by atoms with Crippen LogP contribution in [0.2, 0.25) is 0 Å². The van der Waals surface area contributed by atoms with Crippen molar-refractivity contribution in [3.8, 4) is 0 Å². The Bertz CT molecular complexity index is 433. The topological polar surface area (TPSA) is 56.5 Å². The van der Waals surface area contributed by atoms with Crippen LogP contribution in [0.5, 0.6) is 0 Å². The molecule has 19 heavy (non-hydrogen) atoms. The van der Waals surface area contributed by atoms with Gasteiger partial charge in [-0.25, -0.2) is 4.39 Å². The van der Waals surface area contributed by atoms with Crippen LogP contribution in [0.1, 0.15) is 30.0 Å². The minimum absolute atomic E-state index is 0.253. The number of hydrazine groups is 1. The lowest BCUT2D eigenvalue weighted by atomic mass is 9.81. The van der Waals surface area contributed by atoms with Gasteiger partial charge in [-0.3, -0.25) is 11.3 Å². The van der Waals surface area contributed by atoms with E-state index in [1.807, 2.05) is 6.92 Å². The average Bonchev–Trinajstić information content (AvgIpc) is 2.44. The molecule has 1 aliphatic heterocycles. The van der Waals surface area contributed by atoms with Crippen molar-refractivity contribution < 1.29 is 13.9 Å². The molecule has 1 aromatic carbocycles. The van der Waals surface area contributed by atoms with Crippen LogP contribution in [0.15, 0.2) is 18.2 Å². The predicted molar refractivity (Wildman–Crippen MR) is 71.0 cm³/mol. The molecular formula is C14H21FN2O2. The third kappa shape index (κ3) is 2.79. The lowest BCUT2D eigenvalue weighted by Gasteiger charge is -2.42. The minimum Gasteiger partial charge on any atom is -0.381 e. The van der Waals surface area contributed by atoms with Gasteiger partial charge >= 0.3 is 0 Å². The first kappa shape index (κ1) is 14.4. The van der Waals surface area contributed by atoms with E-state index >= 15 is 0 Å². The van der Waals surface area contributed by atoms with E-state index < -0.39 is 5.60 Å². The van der Waals surface area contributed by atoms with E-state index in [-0.39, 0.29) is 11.9 Å². The van der Waals surface area contributed by atoms with E-state index in [9.17, 15) is 4.39 Å². The number of methoxy groups -OCH3 is 1. The van der Waals surface area contributed by atoms with Crippen LogP contribution in [0.3, 0.4) is 0 Å². The summed E-state index contributed by atoms with van der Waals surface area (Å²) in [6.07, 6.45) is 1.46. The summed E-state index contributed by atoms with van der Waals surface area (Å²) in [5, 5.41) is 0. The van der Waals surface area contributed by atoms with Gasteiger partial charge in [-0.05, 0) is 30.2 Å². The molecule has 1 saturated heterocycles. The normalized spacial score (nSPS) is 20.2. The lowest BCUT2D eigenvalue weighted by Crippen LogP contribution is -2.51. The van der Waals surface area contributed by atoms with Crippen molar-refractivity contribution in [3.63, 3.8) is 0 Å². The highest BCUT2D eigenvalue weighted by atomic mass is 19.1. The molecule has 1 heterocycles. The summed E-state index contributed by atoms with van der Waals surface area (Å²) in [7, 11) is 1.67. The molecule has 0 bridgehead atoms. The highest BCUT2D eigenvalue weighted by molar-refractivity contribution is 5.32. The highest BCUT2D eigenvalue weighted by Gasteiger charge is 2.41. The van der Waals surface area contributed by atoms with Crippen molar-refractivity contribution in [2.45, 2.75) is 31.4 Å². The quantitative estimate of drug-likeness (QED) is 0.646. The summed E-state index contributed by atoms with van der Waals surface area (Å²) < 4.78 is 24.6. The van der Waals surface area contributed by atoms with Gasteiger partial charge in [0, 0.05) is 33.2 Å². The number of hydrogen-bond donors (Lipinski definition) is 2. The molecule has 0 amide bonds. The number of halogens is 1. The largest absolute Gasteiger partial charge is 0.381 e. The number of aryl methyl sites for hydroxylation is 1. The van der Waals surface area contributed by atoms with Gasteiger partial charge in [0.2, 0.25) is 0 Å². The van der Waals surface area contributed by atoms with Crippen molar-refractivity contribution in [1.82, 2.24) is 5.43 Å². The molecule has 2 rings (SSSR count). The van der Waals surface area contributed by atoms with Crippen LogP contribution in [0.4, 0.5) is 4.39 Å². The minimum atomic E-state index is -0.453. The number of benzene rings is 1. The second-order valence-corrected chi connectivity index (χ2v) is 4.98. The zero-order valence-corrected chi connectivity index (χ0v) is 11.4. The summed E-state index contributed by atoms with van der Waals surface area (Å²) in [4.78, 5) is 0. The van der Waals surface area contributed by atoms with Crippen LogP contribution < -0.4 is 11.3 Å². The van der Waals surface area contributed by atoms with E-state index in [0.717, 1.165) is 24.0 Å². The fourth-order valence-electron chi connectivity index (χ4n) is 2.77. The van der Waals surface area contributed by atoms with Crippen molar-refractivity contribution in [2.75, 3.05) is 20.3 Å². The fourth-order valence-corrected chi connectivity index (χ4v) is 2.77. The van der Waals surface area contributed by atoms with Crippen LogP contribution in [0.25, 0.3) is 0 Å². The maximum atomic E-state index is 13.5. The molecule has 0 spiro atoms. The zero-order chi connectivity index (χ0) is 13.9. The molecule has 1 aliphatic rings. The van der Waals surface area contributed by atoms with E-state index in [1.165, 1.54) is 12.1 Å². The molecule has 3 N–H and O–H groups in total. The molecule has 5 heteroatoms. The molecule has 0 aromatic heterocycles. The fraction of sp³-hybridized carbons (Fsp3) is 0.571. The molecule has 1 atom stereocenters. The first-order valence-corrected chi connectivity index (χ1v) is 6.48. The molecule has 0 radical (unpaired) electrons. The molecule has 1 aromatic rings. The van der Waals surface area contributed by atoms with E-state index in [2.05, 4.69) is 5.43 Å². The van der Waals surface area contributed by atoms with Gasteiger partial charge in [0.25, 0.3) is 0 Å². The number of nitrogens with one attached hydrogen (secondary N) is 1. The monoisotopic (exact) mass is 268 g/mol. The third-order valence-electron chi connectivity index (χ3n) is 3.99. The summed E-state index contributed by atoms with van der Waals surface area (Å²) in [6.45, 7) is 3.20. The average molecular weight is 268 g/mol. The molecular weight excluding hydrogens is 247 g/mol. The van der Waals surface area contributed by atoms with Gasteiger partial charge in [0.05, 0.1) is 11.6 Å². The predicted octanol–water partition coefficient (Wildman–Crippen LogP) is 1.83. The van der Waals surface area contributed by atoms with Gasteiger partial charge in [0.15, 0.2) is 0 Å². The number of rotatable bonds is 4. The second-order valence-electron chi connectivity index (χ2n) is 4.98. The number of nitrogens with two attached hydrogens (primary N) is 1. The molecule has 0 aliphatic carbocycles. The van der Waals surface area contributed by atoms with Crippen LogP contribution in [-0.2, 0) is 9.47 Å². The van der Waals surface area contributed by atoms with Gasteiger partial charge in [0.1, 0.15) is 5.82 Å². The van der Waals surface area contributed by atoms with Gasteiger partial charge in [-0.2, -0.15) is 0 Å². The van der Waals surface area contributed by atoms with Gasteiger partial charge in [-0.1, -0.05) is 6.07 Å². The van der Waals surface area contributed by atoms with E-state index in [0.29, 0.717) is 13.2 Å².